The van der Waals surface area contributed by atoms with E-state index in [1.165, 1.54) is 77.6 Å². The van der Waals surface area contributed by atoms with Crippen LogP contribution in [0.25, 0.3) is 72.4 Å². The van der Waals surface area contributed by atoms with Crippen molar-refractivity contribution in [2.45, 2.75) is 12.8 Å². The first-order chi connectivity index (χ1) is 21.9. The van der Waals surface area contributed by atoms with Gasteiger partial charge in [-0.1, -0.05) is 121 Å². The maximum Gasteiger partial charge on any atom is 0.0541 e. The molecule has 0 spiro atoms. The highest BCUT2D eigenvalue weighted by atomic mass is 15.0. The third kappa shape index (κ3) is 3.68. The lowest BCUT2D eigenvalue weighted by atomic mass is 9.92. The fraction of sp³-hybridized carbons (Fsp3) is 0.0476. The summed E-state index contributed by atoms with van der Waals surface area (Å²) in [5.41, 5.74) is 13.7. The summed E-state index contributed by atoms with van der Waals surface area (Å²) in [6.07, 6.45) is 6.80. The monoisotopic (exact) mass is 562 g/mol. The molecule has 44 heavy (non-hydrogen) atoms. The predicted molar refractivity (Wildman–Crippen MR) is 186 cm³/mol. The van der Waals surface area contributed by atoms with Gasteiger partial charge in [0.1, 0.15) is 0 Å². The molecule has 0 bridgehead atoms. The minimum absolute atomic E-state index is 1.07. The van der Waals surface area contributed by atoms with Gasteiger partial charge < -0.3 is 9.13 Å². The summed E-state index contributed by atoms with van der Waals surface area (Å²) in [4.78, 5) is 0. The lowest BCUT2D eigenvalue weighted by Gasteiger charge is -2.20. The maximum absolute atomic E-state index is 2.48. The third-order valence-electron chi connectivity index (χ3n) is 9.23. The van der Waals surface area contributed by atoms with Crippen molar-refractivity contribution in [3.63, 3.8) is 0 Å². The van der Waals surface area contributed by atoms with Crippen molar-refractivity contribution in [1.82, 2.24) is 9.13 Å². The van der Waals surface area contributed by atoms with Crippen LogP contribution >= 0.6 is 0 Å². The van der Waals surface area contributed by atoms with Crippen molar-refractivity contribution in [2.75, 3.05) is 0 Å². The van der Waals surface area contributed by atoms with Crippen LogP contribution in [0.4, 0.5) is 0 Å². The van der Waals surface area contributed by atoms with Crippen LogP contribution in [-0.2, 0) is 6.42 Å². The highest BCUT2D eigenvalue weighted by molar-refractivity contribution is 6.10. The van der Waals surface area contributed by atoms with Crippen LogP contribution in [0, 0.1) is 0 Å². The molecule has 0 amide bonds. The van der Waals surface area contributed by atoms with Gasteiger partial charge in [-0.3, -0.25) is 0 Å². The molecule has 6 aromatic carbocycles. The molecule has 2 nitrogen and oxygen atoms in total. The average molecular weight is 563 g/mol. The van der Waals surface area contributed by atoms with Gasteiger partial charge in [0.05, 0.1) is 27.9 Å². The van der Waals surface area contributed by atoms with E-state index >= 15 is 0 Å². The second-order valence-corrected chi connectivity index (χ2v) is 11.6. The fourth-order valence-corrected chi connectivity index (χ4v) is 7.37. The summed E-state index contributed by atoms with van der Waals surface area (Å²) in [5, 5.41) is 3.90. The Bertz CT molecular complexity index is 2340. The van der Waals surface area contributed by atoms with E-state index in [-0.39, 0.29) is 0 Å². The van der Waals surface area contributed by atoms with Crippen molar-refractivity contribution in [1.29, 1.82) is 0 Å². The number of para-hydroxylation sites is 5. The zero-order valence-electron chi connectivity index (χ0n) is 24.3. The molecular weight excluding hydrogens is 532 g/mol. The molecule has 0 aliphatic heterocycles. The van der Waals surface area contributed by atoms with Gasteiger partial charge in [-0.15, -0.1) is 0 Å². The summed E-state index contributed by atoms with van der Waals surface area (Å²) in [6.45, 7) is 0. The van der Waals surface area contributed by atoms with Crippen LogP contribution in [-0.4, -0.2) is 9.13 Å². The van der Waals surface area contributed by atoms with Gasteiger partial charge in [0.2, 0.25) is 0 Å². The first-order valence-corrected chi connectivity index (χ1v) is 15.4. The molecule has 2 heterocycles. The molecule has 0 saturated carbocycles. The number of benzene rings is 6. The lowest BCUT2D eigenvalue weighted by molar-refractivity contribution is 0.968. The van der Waals surface area contributed by atoms with Crippen molar-refractivity contribution < 1.29 is 0 Å². The number of aryl methyl sites for hydroxylation is 1. The standard InChI is InChI=1S/C42H30N2/c1-2-16-30(32-18-4-10-24-38(32)44-41-27-13-7-21-35(41)36-22-8-14-28-42(36)44)29(15-1)31-17-3-9-23-37(31)43-39-25-11-5-19-33(39)34-20-6-12-26-40(34)43/h1-7,9-21,23-28H,8,22H2. The normalized spacial score (nSPS) is 12.7. The topological polar surface area (TPSA) is 9.86 Å². The summed E-state index contributed by atoms with van der Waals surface area (Å²) < 4.78 is 4.91. The van der Waals surface area contributed by atoms with Gasteiger partial charge in [0.15, 0.2) is 0 Å². The van der Waals surface area contributed by atoms with Gasteiger partial charge in [-0.2, -0.15) is 0 Å². The molecule has 0 unspecified atom stereocenters. The minimum Gasteiger partial charge on any atom is -0.309 e. The molecular formula is C42H30N2. The summed E-state index contributed by atoms with van der Waals surface area (Å²) in [5.74, 6) is 0. The van der Waals surface area contributed by atoms with Gasteiger partial charge in [-0.25, -0.2) is 0 Å². The largest absolute Gasteiger partial charge is 0.309 e. The Hall–Kier alpha value is -5.60. The number of rotatable bonds is 4. The van der Waals surface area contributed by atoms with Crippen molar-refractivity contribution in [3.05, 3.63) is 163 Å². The maximum atomic E-state index is 2.48. The molecule has 0 saturated heterocycles. The average Bonchev–Trinajstić information content (AvgIpc) is 3.61. The fourth-order valence-electron chi connectivity index (χ4n) is 7.37. The molecule has 0 radical (unpaired) electrons. The van der Waals surface area contributed by atoms with Crippen LogP contribution in [0.2, 0.25) is 0 Å². The number of nitrogens with zero attached hydrogens (tertiary/aromatic N) is 2. The lowest BCUT2D eigenvalue weighted by Crippen LogP contribution is -2.03. The van der Waals surface area contributed by atoms with Crippen molar-refractivity contribution in [3.8, 4) is 33.6 Å². The Morgan fingerprint density at radius 1 is 0.386 bits per heavy atom. The number of aromatic nitrogens is 2. The molecule has 1 aliphatic rings. The van der Waals surface area contributed by atoms with Crippen LogP contribution in [0.3, 0.4) is 0 Å². The van der Waals surface area contributed by atoms with E-state index in [4.69, 9.17) is 0 Å². The van der Waals surface area contributed by atoms with E-state index in [0.29, 0.717) is 0 Å². The smallest absolute Gasteiger partial charge is 0.0541 e. The highest BCUT2D eigenvalue weighted by Gasteiger charge is 2.22. The van der Waals surface area contributed by atoms with Crippen molar-refractivity contribution in [2.24, 2.45) is 0 Å². The molecule has 208 valence electrons. The van der Waals surface area contributed by atoms with Crippen molar-refractivity contribution >= 4 is 38.8 Å². The van der Waals surface area contributed by atoms with Crippen LogP contribution in [0.1, 0.15) is 17.7 Å². The zero-order valence-corrected chi connectivity index (χ0v) is 24.3. The molecule has 9 rings (SSSR count). The number of hydrogen-bond donors (Lipinski definition) is 0. The van der Waals surface area contributed by atoms with Crippen LogP contribution in [0.15, 0.2) is 152 Å². The Balaban J connectivity index is 1.31. The Morgan fingerprint density at radius 3 is 1.41 bits per heavy atom. The highest BCUT2D eigenvalue weighted by Crippen LogP contribution is 2.42. The Kier molecular flexibility index (Phi) is 5.67. The Morgan fingerprint density at radius 2 is 0.818 bits per heavy atom. The van der Waals surface area contributed by atoms with E-state index < -0.39 is 0 Å². The quantitative estimate of drug-likeness (QED) is 0.202. The van der Waals surface area contributed by atoms with Gasteiger partial charge in [0.25, 0.3) is 0 Å². The number of hydrogen-bond acceptors (Lipinski definition) is 0. The van der Waals surface area contributed by atoms with Crippen LogP contribution < -0.4 is 0 Å². The van der Waals surface area contributed by atoms with E-state index in [1.807, 2.05) is 0 Å². The van der Waals surface area contributed by atoms with Crippen LogP contribution in [0.5, 0.6) is 0 Å². The number of allylic oxidation sites excluding steroid dienone is 1. The predicted octanol–water partition coefficient (Wildman–Crippen LogP) is 11.0. The second kappa shape index (κ2) is 10.00. The Labute approximate surface area is 256 Å². The van der Waals surface area contributed by atoms with E-state index in [1.54, 1.807) is 0 Å². The molecule has 0 atom stereocenters. The summed E-state index contributed by atoms with van der Waals surface area (Å²) in [7, 11) is 0. The van der Waals surface area contributed by atoms with E-state index in [9.17, 15) is 0 Å². The first kappa shape index (κ1) is 24.9. The second-order valence-electron chi connectivity index (χ2n) is 11.6. The SMILES string of the molecule is C1=Cc2c(c3ccccc3n2-c2ccccc2-c2ccccc2-c2ccccc2-n2c3ccccc3c3ccccc32)CC1. The molecule has 8 aromatic rings. The first-order valence-electron chi connectivity index (χ1n) is 15.4. The van der Waals surface area contributed by atoms with E-state index in [2.05, 4.69) is 167 Å². The zero-order chi connectivity index (χ0) is 29.0. The third-order valence-corrected chi connectivity index (χ3v) is 9.23. The summed E-state index contributed by atoms with van der Waals surface area (Å²) >= 11 is 0. The van der Waals surface area contributed by atoms with E-state index in [0.717, 1.165) is 12.8 Å². The van der Waals surface area contributed by atoms with Gasteiger partial charge in [-0.05, 0) is 65.9 Å². The molecule has 0 N–H and O–H groups in total. The molecule has 0 fully saturated rings. The minimum atomic E-state index is 1.07. The van der Waals surface area contributed by atoms with Gasteiger partial charge in [0, 0.05) is 33.0 Å². The van der Waals surface area contributed by atoms with Gasteiger partial charge >= 0.3 is 0 Å². The molecule has 1 aliphatic carbocycles. The number of fused-ring (bicyclic) bond motifs is 6. The molecule has 2 aromatic heterocycles. The summed E-state index contributed by atoms with van der Waals surface area (Å²) in [6, 6.07) is 53.0. The molecule has 2 heteroatoms.